The fraction of sp³-hybridized carbons (Fsp3) is 0.344. The van der Waals surface area contributed by atoms with Crippen molar-refractivity contribution in [3.8, 4) is 0 Å². The first-order valence-corrected chi connectivity index (χ1v) is 20.2. The van der Waals surface area contributed by atoms with Gasteiger partial charge in [0.15, 0.2) is 5.78 Å². The van der Waals surface area contributed by atoms with Gasteiger partial charge in [-0.05, 0) is 85.8 Å². The number of rotatable bonds is 12. The average Bonchev–Trinajstić information content (AvgIpc) is 3.04. The maximum atomic E-state index is 12.0. The SMILES string of the molecule is CC(C)(C)C(=O)CNc1nc(Nc2ccc(S(N)(=O)=O)cc2)ncc1Br.CC(C)(C)C(O)CNc1nc(Nc2ccc(S(N)(=O)=O)cc2)ncc1Br.[B].[H-].[Na+]. The van der Waals surface area contributed by atoms with Crippen LogP contribution in [0.1, 0.15) is 43.0 Å². The Labute approximate surface area is 358 Å². The van der Waals surface area contributed by atoms with Crippen LogP contribution in [0.5, 0.6) is 0 Å². The monoisotopic (exact) mass is 919 g/mol. The van der Waals surface area contributed by atoms with Gasteiger partial charge in [-0.15, -0.1) is 0 Å². The van der Waals surface area contributed by atoms with Gasteiger partial charge in [0.1, 0.15) is 11.6 Å². The van der Waals surface area contributed by atoms with E-state index in [9.17, 15) is 26.7 Å². The standard InChI is InChI=1S/C16H22BrN5O3S.C16H20BrN5O3S.B.Na.H/c2*1-16(2,3)13(23)9-19-14-12(17)8-20-15(22-14)21-10-4-6-11(7-5-10)26(18,24)25;;;/h4-8,13,23H,9H2,1-3H3,(H2,18,24,25)(H2,19,20,21,22);4-8H,9H2,1-3H3,(H2,18,24,25)(H2,19,20,21,22);;;/q;;;+1;-1. The van der Waals surface area contributed by atoms with Crippen LogP contribution in [0, 0.1) is 10.8 Å². The number of aliphatic hydroxyl groups excluding tert-OH is 1. The molecular formula is C32H43BBr2N10NaO6S2. The van der Waals surface area contributed by atoms with Crippen LogP contribution >= 0.6 is 31.9 Å². The molecule has 287 valence electrons. The molecule has 22 heteroatoms. The molecule has 16 nitrogen and oxygen atoms in total. The second-order valence-corrected chi connectivity index (χ2v) is 18.3. The largest absolute Gasteiger partial charge is 1.00 e. The molecule has 0 aliphatic heterocycles. The molecule has 0 saturated heterocycles. The van der Waals surface area contributed by atoms with Gasteiger partial charge in [-0.2, -0.15) is 9.97 Å². The number of benzene rings is 2. The van der Waals surface area contributed by atoms with Crippen molar-refractivity contribution in [2.24, 2.45) is 21.1 Å². The predicted molar refractivity (Wildman–Crippen MR) is 215 cm³/mol. The van der Waals surface area contributed by atoms with Crippen LogP contribution in [-0.2, 0) is 24.8 Å². The maximum Gasteiger partial charge on any atom is 1.00 e. The van der Waals surface area contributed by atoms with E-state index in [1.807, 2.05) is 41.5 Å². The molecule has 1 atom stereocenters. The number of nitrogens with zero attached hydrogens (tertiary/aromatic N) is 4. The quantitative estimate of drug-likeness (QED) is 0.100. The number of sulfonamides is 2. The molecule has 4 aromatic rings. The summed E-state index contributed by atoms with van der Waals surface area (Å²) in [5.41, 5.74) is 0.508. The molecule has 0 aliphatic rings. The first kappa shape index (κ1) is 49.3. The summed E-state index contributed by atoms with van der Waals surface area (Å²) in [6.07, 6.45) is 2.59. The summed E-state index contributed by atoms with van der Waals surface area (Å²) in [5.74, 6) is 1.68. The number of hydrogen-bond acceptors (Lipinski definition) is 14. The van der Waals surface area contributed by atoms with Crippen molar-refractivity contribution < 1.29 is 57.7 Å². The van der Waals surface area contributed by atoms with Crippen LogP contribution in [-0.4, -0.2) is 75.3 Å². The third-order valence-electron chi connectivity index (χ3n) is 7.08. The summed E-state index contributed by atoms with van der Waals surface area (Å²) in [7, 11) is -7.47. The van der Waals surface area contributed by atoms with E-state index in [1.54, 1.807) is 36.7 Å². The van der Waals surface area contributed by atoms with Crippen LogP contribution in [0.2, 0.25) is 0 Å². The van der Waals surface area contributed by atoms with E-state index in [0.29, 0.717) is 50.4 Å². The number of halogens is 2. The molecule has 0 spiro atoms. The fourth-order valence-corrected chi connectivity index (χ4v) is 5.44. The van der Waals surface area contributed by atoms with Crippen molar-refractivity contribution in [2.75, 3.05) is 34.4 Å². The third-order valence-corrected chi connectivity index (χ3v) is 10.1. The van der Waals surface area contributed by atoms with E-state index in [-0.39, 0.29) is 66.9 Å². The molecule has 4 rings (SSSR count). The summed E-state index contributed by atoms with van der Waals surface area (Å²) in [6.45, 7) is 11.9. The molecule has 9 N–H and O–H groups in total. The third kappa shape index (κ3) is 15.8. The Hall–Kier alpha value is -2.73. The number of aliphatic hydroxyl groups is 1. The van der Waals surface area contributed by atoms with Crippen LogP contribution in [0.4, 0.5) is 34.9 Å². The van der Waals surface area contributed by atoms with Crippen LogP contribution in [0.15, 0.2) is 79.7 Å². The van der Waals surface area contributed by atoms with Gasteiger partial charge in [0, 0.05) is 44.1 Å². The van der Waals surface area contributed by atoms with Crippen molar-refractivity contribution in [1.82, 2.24) is 19.9 Å². The molecule has 0 fully saturated rings. The van der Waals surface area contributed by atoms with Crippen molar-refractivity contribution in [3.63, 3.8) is 0 Å². The van der Waals surface area contributed by atoms with Crippen LogP contribution in [0.3, 0.4) is 0 Å². The van der Waals surface area contributed by atoms with Gasteiger partial charge in [-0.3, -0.25) is 4.79 Å². The van der Waals surface area contributed by atoms with Gasteiger partial charge in [0.05, 0.1) is 31.4 Å². The summed E-state index contributed by atoms with van der Waals surface area (Å²) in [5, 5.41) is 32.3. The van der Waals surface area contributed by atoms with Crippen molar-refractivity contribution in [2.45, 2.75) is 57.4 Å². The second kappa shape index (κ2) is 20.4. The molecular weight excluding hydrogens is 878 g/mol. The zero-order valence-electron chi connectivity index (χ0n) is 31.8. The number of aromatic nitrogens is 4. The number of anilines is 6. The molecule has 54 heavy (non-hydrogen) atoms. The second-order valence-electron chi connectivity index (χ2n) is 13.5. The molecule has 0 bridgehead atoms. The van der Waals surface area contributed by atoms with E-state index in [1.165, 1.54) is 24.3 Å². The first-order chi connectivity index (χ1) is 23.9. The van der Waals surface area contributed by atoms with Gasteiger partial charge < -0.3 is 27.8 Å². The number of primary sulfonamides is 2. The first-order valence-electron chi connectivity index (χ1n) is 15.5. The van der Waals surface area contributed by atoms with Gasteiger partial charge in [-0.25, -0.2) is 37.1 Å². The Morgan fingerprint density at radius 3 is 1.46 bits per heavy atom. The Morgan fingerprint density at radius 1 is 0.759 bits per heavy atom. The number of carbonyl (C=O) groups excluding carboxylic acids is 1. The summed E-state index contributed by atoms with van der Waals surface area (Å²) < 4.78 is 46.4. The Bertz CT molecular complexity index is 2100. The molecule has 0 saturated carbocycles. The number of Topliss-reactive ketones (excluding diaryl/α,β-unsaturated/α-hetero) is 1. The zero-order chi connectivity index (χ0) is 39.1. The van der Waals surface area contributed by atoms with E-state index in [0.717, 1.165) is 0 Å². The zero-order valence-corrected chi connectivity index (χ0v) is 37.7. The van der Waals surface area contributed by atoms with Gasteiger partial charge >= 0.3 is 29.6 Å². The number of nitrogens with one attached hydrogen (secondary N) is 4. The minimum Gasteiger partial charge on any atom is -1.00 e. The number of hydrogen-bond donors (Lipinski definition) is 7. The number of nitrogens with two attached hydrogens (primary N) is 2. The summed E-state index contributed by atoms with van der Waals surface area (Å²) in [4.78, 5) is 29.1. The normalized spacial score (nSPS) is 12.1. The number of ketones is 1. The fourth-order valence-electron chi connectivity index (χ4n) is 3.75. The van der Waals surface area contributed by atoms with Gasteiger partial charge in [0.2, 0.25) is 31.9 Å². The van der Waals surface area contributed by atoms with Crippen LogP contribution in [0.25, 0.3) is 0 Å². The topological polar surface area (TPSA) is 257 Å². The Balaban J connectivity index is 0.00000101. The van der Waals surface area contributed by atoms with Crippen molar-refractivity contribution >= 4 is 101 Å². The van der Waals surface area contributed by atoms with E-state index in [4.69, 9.17) is 10.3 Å². The smallest absolute Gasteiger partial charge is 1.00 e. The molecule has 1 unspecified atom stereocenters. The minimum absolute atomic E-state index is 0. The van der Waals surface area contributed by atoms with Crippen molar-refractivity contribution in [1.29, 1.82) is 0 Å². The van der Waals surface area contributed by atoms with Gasteiger partial charge in [0.25, 0.3) is 0 Å². The maximum absolute atomic E-state index is 12.0. The Morgan fingerprint density at radius 2 is 1.13 bits per heavy atom. The molecule has 0 amide bonds. The van der Waals surface area contributed by atoms with E-state index < -0.39 is 31.6 Å². The molecule has 2 heterocycles. The Kier molecular flexibility index (Phi) is 18.7. The summed E-state index contributed by atoms with van der Waals surface area (Å²) >= 11 is 6.71. The summed E-state index contributed by atoms with van der Waals surface area (Å²) in [6, 6.07) is 11.8. The van der Waals surface area contributed by atoms with Crippen molar-refractivity contribution in [3.05, 3.63) is 69.9 Å². The van der Waals surface area contributed by atoms with Gasteiger partial charge in [-0.1, -0.05) is 41.5 Å². The van der Waals surface area contributed by atoms with Crippen LogP contribution < -0.4 is 61.1 Å². The average molecular weight is 922 g/mol. The number of carbonyl (C=O) groups is 1. The van der Waals surface area contributed by atoms with E-state index >= 15 is 0 Å². The molecule has 0 aliphatic carbocycles. The minimum atomic E-state index is -3.74. The molecule has 3 radical (unpaired) electrons. The van der Waals surface area contributed by atoms with E-state index in [2.05, 4.69) is 73.1 Å². The molecule has 2 aromatic heterocycles. The molecule has 2 aromatic carbocycles. The predicted octanol–water partition coefficient (Wildman–Crippen LogP) is 1.84.